The normalized spacial score (nSPS) is 16.9. The average Bonchev–Trinajstić information content (AvgIpc) is 2.60. The zero-order valence-electron chi connectivity index (χ0n) is 8.24. The summed E-state index contributed by atoms with van der Waals surface area (Å²) in [4.78, 5) is 4.24. The van der Waals surface area contributed by atoms with Gasteiger partial charge in [0.1, 0.15) is 4.34 Å². The molecule has 1 heterocycles. The van der Waals surface area contributed by atoms with E-state index in [2.05, 4.69) is 10.3 Å². The molecule has 78 valence electrons. The molecule has 0 aliphatic heterocycles. The lowest BCUT2D eigenvalue weighted by molar-refractivity contribution is 0.341. The van der Waals surface area contributed by atoms with E-state index in [4.69, 9.17) is 0 Å². The highest BCUT2D eigenvalue weighted by Gasteiger charge is 2.15. The van der Waals surface area contributed by atoms with Crippen LogP contribution in [0, 0.1) is 0 Å². The minimum atomic E-state index is 0.833. The topological polar surface area (TPSA) is 24.9 Å². The van der Waals surface area contributed by atoms with E-state index < -0.39 is 0 Å². The van der Waals surface area contributed by atoms with Gasteiger partial charge < -0.3 is 5.32 Å². The number of hydrogen-bond donors (Lipinski definition) is 1. The van der Waals surface area contributed by atoms with E-state index in [0.717, 1.165) is 6.04 Å². The van der Waals surface area contributed by atoms with Crippen LogP contribution in [0.5, 0.6) is 0 Å². The zero-order valence-corrected chi connectivity index (χ0v) is 9.87. The Morgan fingerprint density at radius 3 is 3.14 bits per heavy atom. The molecule has 0 saturated heterocycles. The smallest absolute Gasteiger partial charge is 0.149 e. The van der Waals surface area contributed by atoms with Gasteiger partial charge in [0.2, 0.25) is 0 Å². The van der Waals surface area contributed by atoms with E-state index in [1.807, 2.05) is 23.3 Å². The Morgan fingerprint density at radius 1 is 1.57 bits per heavy atom. The maximum atomic E-state index is 4.24. The number of hydrogen-bond acceptors (Lipinski definition) is 4. The van der Waals surface area contributed by atoms with Crippen LogP contribution in [0.15, 0.2) is 15.9 Å². The van der Waals surface area contributed by atoms with Crippen molar-refractivity contribution in [2.24, 2.45) is 0 Å². The predicted molar refractivity (Wildman–Crippen MR) is 63.1 cm³/mol. The van der Waals surface area contributed by atoms with E-state index in [0.29, 0.717) is 0 Å². The van der Waals surface area contributed by atoms with E-state index >= 15 is 0 Å². The molecule has 1 saturated carbocycles. The highest BCUT2D eigenvalue weighted by Crippen LogP contribution is 2.21. The minimum absolute atomic E-state index is 0.833. The molecule has 1 aromatic heterocycles. The number of thioether (sulfide) groups is 1. The van der Waals surface area contributed by atoms with E-state index in [1.54, 1.807) is 11.3 Å². The fraction of sp³-hybridized carbons (Fsp3) is 0.700. The molecule has 4 heteroatoms. The Bertz CT molecular complexity index is 245. The number of aromatic nitrogens is 1. The lowest BCUT2D eigenvalue weighted by Crippen LogP contribution is -2.35. The van der Waals surface area contributed by atoms with E-state index in [1.165, 1.54) is 42.3 Å². The van der Waals surface area contributed by atoms with Gasteiger partial charge in [0.25, 0.3) is 0 Å². The van der Waals surface area contributed by atoms with Crippen molar-refractivity contribution in [3.63, 3.8) is 0 Å². The maximum absolute atomic E-state index is 4.24. The summed E-state index contributed by atoms with van der Waals surface area (Å²) < 4.78 is 1.20. The molecule has 1 N–H and O–H groups in total. The van der Waals surface area contributed by atoms with E-state index in [-0.39, 0.29) is 0 Å². The molecule has 14 heavy (non-hydrogen) atoms. The van der Waals surface area contributed by atoms with Crippen LogP contribution in [-0.4, -0.2) is 23.3 Å². The van der Waals surface area contributed by atoms with Gasteiger partial charge >= 0.3 is 0 Å². The predicted octanol–water partition coefficient (Wildman–Crippen LogP) is 2.77. The molecule has 0 atom stereocenters. The molecule has 1 aliphatic carbocycles. The van der Waals surface area contributed by atoms with Gasteiger partial charge in [-0.25, -0.2) is 4.98 Å². The molecule has 0 radical (unpaired) electrons. The molecule has 1 fully saturated rings. The van der Waals surface area contributed by atoms with Gasteiger partial charge in [-0.15, -0.1) is 11.3 Å². The Morgan fingerprint density at radius 2 is 2.50 bits per heavy atom. The largest absolute Gasteiger partial charge is 0.314 e. The standard InChI is InChI=1S/C10H16N2S2/c1-3-9(4-1)11-5-2-7-13-10-12-6-8-14-10/h6,8-9,11H,1-5,7H2. The van der Waals surface area contributed by atoms with Crippen LogP contribution in [0.3, 0.4) is 0 Å². The summed E-state index contributed by atoms with van der Waals surface area (Å²) in [6.45, 7) is 1.17. The molecule has 2 rings (SSSR count). The quantitative estimate of drug-likeness (QED) is 0.598. The van der Waals surface area contributed by atoms with Gasteiger partial charge in [-0.3, -0.25) is 0 Å². The monoisotopic (exact) mass is 228 g/mol. The summed E-state index contributed by atoms with van der Waals surface area (Å²) in [5.74, 6) is 1.19. The molecule has 0 amide bonds. The molecule has 0 aromatic carbocycles. The summed E-state index contributed by atoms with van der Waals surface area (Å²) in [5, 5.41) is 5.61. The van der Waals surface area contributed by atoms with Crippen molar-refractivity contribution in [1.82, 2.24) is 10.3 Å². The second-order valence-electron chi connectivity index (χ2n) is 3.58. The van der Waals surface area contributed by atoms with Gasteiger partial charge in [-0.1, -0.05) is 18.2 Å². The minimum Gasteiger partial charge on any atom is -0.314 e. The maximum Gasteiger partial charge on any atom is 0.149 e. The van der Waals surface area contributed by atoms with Gasteiger partial charge in [0.05, 0.1) is 0 Å². The number of nitrogens with one attached hydrogen (secondary N) is 1. The van der Waals surface area contributed by atoms with Crippen LogP contribution in [-0.2, 0) is 0 Å². The van der Waals surface area contributed by atoms with Gasteiger partial charge in [-0.05, 0) is 25.8 Å². The van der Waals surface area contributed by atoms with Crippen LogP contribution in [0.2, 0.25) is 0 Å². The van der Waals surface area contributed by atoms with Gasteiger partial charge in [0.15, 0.2) is 0 Å². The number of thiazole rings is 1. The average molecular weight is 228 g/mol. The lowest BCUT2D eigenvalue weighted by atomic mass is 9.93. The zero-order chi connectivity index (χ0) is 9.64. The first kappa shape index (κ1) is 10.5. The molecule has 2 nitrogen and oxygen atoms in total. The number of nitrogens with zero attached hydrogens (tertiary/aromatic N) is 1. The molecule has 1 aliphatic rings. The Kier molecular flexibility index (Phi) is 4.28. The highest BCUT2D eigenvalue weighted by molar-refractivity contribution is 8.00. The number of rotatable bonds is 6. The van der Waals surface area contributed by atoms with Gasteiger partial charge in [-0.2, -0.15) is 0 Å². The summed E-state index contributed by atoms with van der Waals surface area (Å²) >= 11 is 3.61. The second kappa shape index (κ2) is 5.73. The van der Waals surface area contributed by atoms with E-state index in [9.17, 15) is 0 Å². The Labute approximate surface area is 93.5 Å². The SMILES string of the molecule is c1csc(SCCCNC2CCC2)n1. The molecular formula is C10H16N2S2. The molecule has 0 spiro atoms. The molecule has 1 aromatic rings. The van der Waals surface area contributed by atoms with Crippen LogP contribution in [0.1, 0.15) is 25.7 Å². The summed E-state index contributed by atoms with van der Waals surface area (Å²) in [7, 11) is 0. The van der Waals surface area contributed by atoms with Crippen molar-refractivity contribution in [1.29, 1.82) is 0 Å². The van der Waals surface area contributed by atoms with Crippen molar-refractivity contribution in [3.8, 4) is 0 Å². The van der Waals surface area contributed by atoms with Crippen molar-refractivity contribution in [2.45, 2.75) is 36.1 Å². The van der Waals surface area contributed by atoms with Gasteiger partial charge in [0, 0.05) is 23.4 Å². The highest BCUT2D eigenvalue weighted by atomic mass is 32.2. The lowest BCUT2D eigenvalue weighted by Gasteiger charge is -2.26. The van der Waals surface area contributed by atoms with Crippen molar-refractivity contribution in [2.75, 3.05) is 12.3 Å². The van der Waals surface area contributed by atoms with Crippen molar-refractivity contribution >= 4 is 23.1 Å². The van der Waals surface area contributed by atoms with Crippen LogP contribution < -0.4 is 5.32 Å². The summed E-state index contributed by atoms with van der Waals surface area (Å²) in [6.07, 6.45) is 7.32. The molecule has 0 bridgehead atoms. The fourth-order valence-electron chi connectivity index (χ4n) is 1.43. The first-order valence-corrected chi connectivity index (χ1v) is 7.07. The van der Waals surface area contributed by atoms with Crippen LogP contribution in [0.4, 0.5) is 0 Å². The fourth-order valence-corrected chi connectivity index (χ4v) is 3.08. The Hall–Kier alpha value is -0.0600. The molecular weight excluding hydrogens is 212 g/mol. The van der Waals surface area contributed by atoms with Crippen LogP contribution in [0.25, 0.3) is 0 Å². The molecule has 0 unspecified atom stereocenters. The third-order valence-corrected chi connectivity index (χ3v) is 4.55. The van der Waals surface area contributed by atoms with Crippen molar-refractivity contribution < 1.29 is 0 Å². The summed E-state index contributed by atoms with van der Waals surface area (Å²) in [6, 6.07) is 0.833. The Balaban J connectivity index is 1.47. The first-order chi connectivity index (χ1) is 6.95. The van der Waals surface area contributed by atoms with Crippen LogP contribution >= 0.6 is 23.1 Å². The third kappa shape index (κ3) is 3.26. The second-order valence-corrected chi connectivity index (χ2v) is 5.82. The van der Waals surface area contributed by atoms with Crippen molar-refractivity contribution in [3.05, 3.63) is 11.6 Å². The third-order valence-electron chi connectivity index (χ3n) is 2.49. The first-order valence-electron chi connectivity index (χ1n) is 5.21. The summed E-state index contributed by atoms with van der Waals surface area (Å²) in [5.41, 5.74) is 0.